The Morgan fingerprint density at radius 2 is 1.80 bits per heavy atom. The standard InChI is InChI=1S/C22H24N2O/c1-15(2)13-20-22(17-11-7-8-12-19(17)23-21(22)25)18(14-24(20)3)16-9-5-4-6-10-16/h4-13,18,20H,14H2,1-3H3,(H,23,25). The van der Waals surface area contributed by atoms with Crippen molar-refractivity contribution in [3.8, 4) is 0 Å². The third kappa shape index (κ3) is 2.26. The maximum atomic E-state index is 13.4. The molecule has 128 valence electrons. The molecular weight excluding hydrogens is 308 g/mol. The summed E-state index contributed by atoms with van der Waals surface area (Å²) in [6.45, 7) is 5.08. The number of likely N-dealkylation sites (N-methyl/N-ethyl adjacent to an activating group) is 1. The van der Waals surface area contributed by atoms with Crippen LogP contribution in [-0.4, -0.2) is 30.4 Å². The fraction of sp³-hybridized carbons (Fsp3) is 0.318. The molecule has 2 aliphatic heterocycles. The van der Waals surface area contributed by atoms with E-state index in [0.29, 0.717) is 0 Å². The Kier molecular flexibility index (Phi) is 3.77. The normalized spacial score (nSPS) is 28.0. The lowest BCUT2D eigenvalue weighted by Gasteiger charge is -2.34. The molecule has 0 bridgehead atoms. The van der Waals surface area contributed by atoms with E-state index in [1.165, 1.54) is 11.1 Å². The van der Waals surface area contributed by atoms with Crippen molar-refractivity contribution in [2.24, 2.45) is 0 Å². The van der Waals surface area contributed by atoms with Gasteiger partial charge in [-0.1, -0.05) is 60.2 Å². The average molecular weight is 332 g/mol. The van der Waals surface area contributed by atoms with Crippen LogP contribution < -0.4 is 5.32 Å². The number of likely N-dealkylation sites (tertiary alicyclic amines) is 1. The summed E-state index contributed by atoms with van der Waals surface area (Å²) < 4.78 is 0. The van der Waals surface area contributed by atoms with Crippen LogP contribution in [0.1, 0.15) is 30.9 Å². The summed E-state index contributed by atoms with van der Waals surface area (Å²) in [5.74, 6) is 0.248. The zero-order chi connectivity index (χ0) is 17.6. The maximum absolute atomic E-state index is 13.4. The van der Waals surface area contributed by atoms with Crippen molar-refractivity contribution in [1.29, 1.82) is 0 Å². The van der Waals surface area contributed by atoms with E-state index in [4.69, 9.17) is 0 Å². The van der Waals surface area contributed by atoms with E-state index in [1.807, 2.05) is 24.3 Å². The SMILES string of the molecule is CC(C)=CC1N(C)CC(c2ccccc2)C12C(=O)Nc1ccccc12. The molecule has 2 aromatic rings. The number of anilines is 1. The van der Waals surface area contributed by atoms with E-state index in [0.717, 1.165) is 17.8 Å². The summed E-state index contributed by atoms with van der Waals surface area (Å²) in [6, 6.07) is 18.7. The third-order valence-electron chi connectivity index (χ3n) is 5.65. The molecule has 3 nitrogen and oxygen atoms in total. The maximum Gasteiger partial charge on any atom is 0.237 e. The molecule has 0 saturated carbocycles. The molecule has 1 spiro atoms. The summed E-state index contributed by atoms with van der Waals surface area (Å²) >= 11 is 0. The van der Waals surface area contributed by atoms with Crippen LogP contribution in [0, 0.1) is 0 Å². The van der Waals surface area contributed by atoms with Crippen molar-refractivity contribution in [1.82, 2.24) is 4.90 Å². The Balaban J connectivity index is 1.98. The molecule has 1 saturated heterocycles. The van der Waals surface area contributed by atoms with Gasteiger partial charge in [-0.25, -0.2) is 0 Å². The van der Waals surface area contributed by atoms with Gasteiger partial charge in [0, 0.05) is 24.2 Å². The Labute approximate surface area is 149 Å². The Morgan fingerprint density at radius 1 is 1.12 bits per heavy atom. The first-order valence-electron chi connectivity index (χ1n) is 8.86. The van der Waals surface area contributed by atoms with Gasteiger partial charge in [-0.3, -0.25) is 9.69 Å². The van der Waals surface area contributed by atoms with Crippen LogP contribution in [0.2, 0.25) is 0 Å². The molecule has 0 radical (unpaired) electrons. The van der Waals surface area contributed by atoms with Crippen LogP contribution in [0.25, 0.3) is 0 Å². The molecule has 1 N–H and O–H groups in total. The number of nitrogens with one attached hydrogen (secondary N) is 1. The first-order valence-corrected chi connectivity index (χ1v) is 8.86. The van der Waals surface area contributed by atoms with Gasteiger partial charge in [-0.05, 0) is 38.1 Å². The average Bonchev–Trinajstić information content (AvgIpc) is 3.06. The molecule has 0 aliphatic carbocycles. The van der Waals surface area contributed by atoms with Crippen LogP contribution >= 0.6 is 0 Å². The van der Waals surface area contributed by atoms with E-state index in [-0.39, 0.29) is 17.9 Å². The minimum atomic E-state index is -0.579. The lowest BCUT2D eigenvalue weighted by molar-refractivity contribution is -0.121. The second-order valence-corrected chi connectivity index (χ2v) is 7.46. The van der Waals surface area contributed by atoms with Crippen molar-refractivity contribution in [2.75, 3.05) is 18.9 Å². The van der Waals surface area contributed by atoms with Gasteiger partial charge in [0.05, 0.1) is 0 Å². The van der Waals surface area contributed by atoms with E-state index < -0.39 is 5.41 Å². The Morgan fingerprint density at radius 3 is 2.52 bits per heavy atom. The molecule has 3 heteroatoms. The van der Waals surface area contributed by atoms with Gasteiger partial charge in [-0.2, -0.15) is 0 Å². The number of amides is 1. The highest BCUT2D eigenvalue weighted by Gasteiger charge is 2.61. The minimum Gasteiger partial charge on any atom is -0.325 e. The van der Waals surface area contributed by atoms with Crippen molar-refractivity contribution in [2.45, 2.75) is 31.2 Å². The second kappa shape index (κ2) is 5.85. The molecule has 2 heterocycles. The second-order valence-electron chi connectivity index (χ2n) is 7.46. The van der Waals surface area contributed by atoms with Crippen molar-refractivity contribution in [3.63, 3.8) is 0 Å². The van der Waals surface area contributed by atoms with E-state index >= 15 is 0 Å². The first kappa shape index (κ1) is 16.1. The lowest BCUT2D eigenvalue weighted by atomic mass is 9.66. The summed E-state index contributed by atoms with van der Waals surface area (Å²) in [5.41, 5.74) is 3.97. The number of fused-ring (bicyclic) bond motifs is 2. The van der Waals surface area contributed by atoms with E-state index in [9.17, 15) is 4.79 Å². The first-order chi connectivity index (χ1) is 12.0. The lowest BCUT2D eigenvalue weighted by Crippen LogP contribution is -2.47. The van der Waals surface area contributed by atoms with Crippen molar-refractivity contribution in [3.05, 3.63) is 77.4 Å². The highest BCUT2D eigenvalue weighted by molar-refractivity contribution is 6.08. The fourth-order valence-corrected chi connectivity index (χ4v) is 4.67. The van der Waals surface area contributed by atoms with E-state index in [2.05, 4.69) is 67.5 Å². The van der Waals surface area contributed by atoms with Crippen LogP contribution in [0.4, 0.5) is 5.69 Å². The predicted octanol–water partition coefficient (Wildman–Crippen LogP) is 3.94. The number of carbonyl (C=O) groups excluding carboxylic acids is 1. The number of hydrogen-bond acceptors (Lipinski definition) is 2. The van der Waals surface area contributed by atoms with Gasteiger partial charge in [0.1, 0.15) is 5.41 Å². The molecule has 1 amide bonds. The van der Waals surface area contributed by atoms with Crippen molar-refractivity contribution < 1.29 is 4.79 Å². The van der Waals surface area contributed by atoms with Crippen LogP contribution in [0.15, 0.2) is 66.2 Å². The summed E-state index contributed by atoms with van der Waals surface area (Å²) in [4.78, 5) is 15.7. The van der Waals surface area contributed by atoms with Gasteiger partial charge < -0.3 is 5.32 Å². The molecule has 2 aliphatic rings. The molecule has 3 atom stereocenters. The molecule has 4 rings (SSSR count). The quantitative estimate of drug-likeness (QED) is 0.845. The van der Waals surface area contributed by atoms with Crippen LogP contribution in [0.5, 0.6) is 0 Å². The Bertz CT molecular complexity index is 838. The zero-order valence-electron chi connectivity index (χ0n) is 15.0. The van der Waals surface area contributed by atoms with Gasteiger partial charge in [0.2, 0.25) is 5.91 Å². The number of hydrogen-bond donors (Lipinski definition) is 1. The minimum absolute atomic E-state index is 0.0476. The van der Waals surface area contributed by atoms with Gasteiger partial charge in [0.25, 0.3) is 0 Å². The number of nitrogens with zero attached hydrogens (tertiary/aromatic N) is 1. The number of benzene rings is 2. The molecular formula is C22H24N2O. The van der Waals surface area contributed by atoms with Crippen LogP contribution in [0.3, 0.4) is 0 Å². The smallest absolute Gasteiger partial charge is 0.237 e. The van der Waals surface area contributed by atoms with Gasteiger partial charge >= 0.3 is 0 Å². The summed E-state index contributed by atoms with van der Waals surface area (Å²) in [6.07, 6.45) is 2.25. The highest BCUT2D eigenvalue weighted by atomic mass is 16.2. The largest absolute Gasteiger partial charge is 0.325 e. The Hall–Kier alpha value is -2.39. The van der Waals surface area contributed by atoms with E-state index in [1.54, 1.807) is 0 Å². The van der Waals surface area contributed by atoms with Gasteiger partial charge in [-0.15, -0.1) is 0 Å². The summed E-state index contributed by atoms with van der Waals surface area (Å²) in [7, 11) is 2.13. The molecule has 0 aromatic heterocycles. The van der Waals surface area contributed by atoms with Gasteiger partial charge in [0.15, 0.2) is 0 Å². The molecule has 3 unspecified atom stereocenters. The number of carbonyl (C=O) groups is 1. The number of allylic oxidation sites excluding steroid dienone is 1. The number of rotatable bonds is 2. The molecule has 25 heavy (non-hydrogen) atoms. The zero-order valence-corrected chi connectivity index (χ0v) is 15.0. The topological polar surface area (TPSA) is 32.3 Å². The third-order valence-corrected chi connectivity index (χ3v) is 5.65. The van der Waals surface area contributed by atoms with Crippen molar-refractivity contribution >= 4 is 11.6 Å². The number of para-hydroxylation sites is 1. The fourth-order valence-electron chi connectivity index (χ4n) is 4.67. The predicted molar refractivity (Wildman–Crippen MR) is 102 cm³/mol. The summed E-state index contributed by atoms with van der Waals surface area (Å²) in [5, 5.41) is 3.16. The van der Waals surface area contributed by atoms with Crippen LogP contribution in [-0.2, 0) is 10.2 Å². The monoisotopic (exact) mass is 332 g/mol. The highest BCUT2D eigenvalue weighted by Crippen LogP contribution is 2.55. The molecule has 1 fully saturated rings. The molecule has 2 aromatic carbocycles.